The Labute approximate surface area is 119 Å². The van der Waals surface area contributed by atoms with E-state index in [1.165, 1.54) is 11.1 Å². The van der Waals surface area contributed by atoms with Gasteiger partial charge in [0.05, 0.1) is 13.2 Å². The van der Waals surface area contributed by atoms with Crippen molar-refractivity contribution >= 4 is 0 Å². The third kappa shape index (κ3) is 2.19. The highest BCUT2D eigenvalue weighted by Crippen LogP contribution is 2.56. The van der Waals surface area contributed by atoms with Crippen molar-refractivity contribution in [1.82, 2.24) is 5.43 Å². The normalized spacial score (nSPS) is 17.5. The van der Waals surface area contributed by atoms with Gasteiger partial charge in [-0.1, -0.05) is 42.5 Å². The molecular weight excluding hydrogens is 248 g/mol. The summed E-state index contributed by atoms with van der Waals surface area (Å²) in [7, 11) is 1.68. The monoisotopic (exact) mass is 268 g/mol. The first-order valence-electron chi connectivity index (χ1n) is 6.96. The molecule has 0 radical (unpaired) electrons. The number of nitrogens with one attached hydrogen (secondary N) is 1. The molecule has 0 bridgehead atoms. The van der Waals surface area contributed by atoms with Gasteiger partial charge in [0.1, 0.15) is 5.75 Å². The van der Waals surface area contributed by atoms with Crippen molar-refractivity contribution in [3.8, 4) is 5.75 Å². The molecular formula is C17H20N2O. The topological polar surface area (TPSA) is 47.3 Å². The minimum Gasteiger partial charge on any atom is -0.497 e. The van der Waals surface area contributed by atoms with Gasteiger partial charge in [-0.15, -0.1) is 0 Å². The van der Waals surface area contributed by atoms with Crippen LogP contribution in [0.5, 0.6) is 5.75 Å². The van der Waals surface area contributed by atoms with Gasteiger partial charge in [-0.05, 0) is 36.1 Å². The smallest absolute Gasteiger partial charge is 0.118 e. The zero-order valence-electron chi connectivity index (χ0n) is 11.7. The van der Waals surface area contributed by atoms with Crippen molar-refractivity contribution in [3.05, 3.63) is 65.7 Å². The molecule has 1 unspecified atom stereocenters. The van der Waals surface area contributed by atoms with E-state index < -0.39 is 0 Å². The number of hydrazine groups is 1. The highest BCUT2D eigenvalue weighted by Gasteiger charge is 2.50. The number of hydrogen-bond acceptors (Lipinski definition) is 3. The first kappa shape index (κ1) is 13.2. The SMILES string of the molecule is COc1ccc(C(NN)C2(c3ccccc3)CC2)cc1. The molecule has 104 valence electrons. The summed E-state index contributed by atoms with van der Waals surface area (Å²) in [5, 5.41) is 0. The van der Waals surface area contributed by atoms with Crippen molar-refractivity contribution in [2.75, 3.05) is 7.11 Å². The molecule has 2 aromatic carbocycles. The maximum atomic E-state index is 5.86. The lowest BCUT2D eigenvalue weighted by Gasteiger charge is -2.27. The maximum Gasteiger partial charge on any atom is 0.118 e. The Bertz CT molecular complexity index is 561. The second-order valence-corrected chi connectivity index (χ2v) is 5.40. The van der Waals surface area contributed by atoms with E-state index in [2.05, 4.69) is 47.9 Å². The Morgan fingerprint density at radius 1 is 1.05 bits per heavy atom. The molecule has 1 atom stereocenters. The summed E-state index contributed by atoms with van der Waals surface area (Å²) in [5.74, 6) is 6.73. The number of nitrogens with two attached hydrogens (primary N) is 1. The molecule has 0 heterocycles. The summed E-state index contributed by atoms with van der Waals surface area (Å²) in [5.41, 5.74) is 5.71. The quantitative estimate of drug-likeness (QED) is 0.647. The minimum absolute atomic E-state index is 0.130. The van der Waals surface area contributed by atoms with Crippen LogP contribution in [0.4, 0.5) is 0 Å². The third-order valence-electron chi connectivity index (χ3n) is 4.31. The van der Waals surface area contributed by atoms with Gasteiger partial charge in [0, 0.05) is 5.41 Å². The molecule has 3 rings (SSSR count). The summed E-state index contributed by atoms with van der Waals surface area (Å²) in [6.07, 6.45) is 2.33. The van der Waals surface area contributed by atoms with E-state index in [9.17, 15) is 0 Å². The zero-order valence-corrected chi connectivity index (χ0v) is 11.7. The van der Waals surface area contributed by atoms with E-state index in [1.807, 2.05) is 12.1 Å². The highest BCUT2D eigenvalue weighted by molar-refractivity contribution is 5.39. The van der Waals surface area contributed by atoms with Gasteiger partial charge in [-0.3, -0.25) is 11.3 Å². The molecule has 0 spiro atoms. The van der Waals surface area contributed by atoms with Crippen LogP contribution in [0.1, 0.15) is 30.0 Å². The van der Waals surface area contributed by atoms with Crippen LogP contribution in [0.15, 0.2) is 54.6 Å². The second kappa shape index (κ2) is 5.27. The molecule has 0 amide bonds. The lowest BCUT2D eigenvalue weighted by atomic mass is 9.84. The lowest BCUT2D eigenvalue weighted by Crippen LogP contribution is -2.36. The van der Waals surface area contributed by atoms with E-state index in [0.717, 1.165) is 18.6 Å². The van der Waals surface area contributed by atoms with Crippen LogP contribution in [0, 0.1) is 0 Å². The predicted octanol–water partition coefficient (Wildman–Crippen LogP) is 2.93. The van der Waals surface area contributed by atoms with Gasteiger partial charge < -0.3 is 4.74 Å². The Balaban J connectivity index is 1.93. The zero-order chi connectivity index (χ0) is 14.0. The minimum atomic E-state index is 0.130. The van der Waals surface area contributed by atoms with Gasteiger partial charge in [0.25, 0.3) is 0 Å². The highest BCUT2D eigenvalue weighted by atomic mass is 16.5. The van der Waals surface area contributed by atoms with Crippen LogP contribution in [0.25, 0.3) is 0 Å². The van der Waals surface area contributed by atoms with E-state index in [0.29, 0.717) is 0 Å². The van der Waals surface area contributed by atoms with Crippen LogP contribution >= 0.6 is 0 Å². The molecule has 0 aliphatic heterocycles. The van der Waals surface area contributed by atoms with Gasteiger partial charge in [0.15, 0.2) is 0 Å². The van der Waals surface area contributed by atoms with Gasteiger partial charge >= 0.3 is 0 Å². The van der Waals surface area contributed by atoms with Gasteiger partial charge in [0.2, 0.25) is 0 Å². The molecule has 20 heavy (non-hydrogen) atoms. The fourth-order valence-electron chi connectivity index (χ4n) is 3.02. The van der Waals surface area contributed by atoms with Crippen LogP contribution in [-0.2, 0) is 5.41 Å². The van der Waals surface area contributed by atoms with Crippen LogP contribution in [-0.4, -0.2) is 7.11 Å². The first-order chi connectivity index (χ1) is 9.80. The molecule has 2 aromatic rings. The molecule has 3 nitrogen and oxygen atoms in total. The Kier molecular flexibility index (Phi) is 3.47. The average molecular weight is 268 g/mol. The predicted molar refractivity (Wildman–Crippen MR) is 80.4 cm³/mol. The number of methoxy groups -OCH3 is 1. The molecule has 1 aliphatic rings. The maximum absolute atomic E-state index is 5.86. The van der Waals surface area contributed by atoms with Crippen molar-refractivity contribution in [3.63, 3.8) is 0 Å². The average Bonchev–Trinajstić information content (AvgIpc) is 3.31. The number of benzene rings is 2. The first-order valence-corrected chi connectivity index (χ1v) is 6.96. The standard InChI is InChI=1S/C17H20N2O/c1-20-15-9-7-13(8-10-15)16(19-18)17(11-12-17)14-5-3-2-4-6-14/h2-10,16,19H,11-12,18H2,1H3. The molecule has 0 aromatic heterocycles. The van der Waals surface area contributed by atoms with Crippen LogP contribution < -0.4 is 16.0 Å². The van der Waals surface area contributed by atoms with Crippen molar-refractivity contribution in [2.45, 2.75) is 24.3 Å². The molecule has 1 fully saturated rings. The van der Waals surface area contributed by atoms with Crippen LogP contribution in [0.3, 0.4) is 0 Å². The summed E-state index contributed by atoms with van der Waals surface area (Å²) in [6, 6.07) is 18.9. The summed E-state index contributed by atoms with van der Waals surface area (Å²) >= 11 is 0. The molecule has 3 N–H and O–H groups in total. The number of rotatable bonds is 5. The largest absolute Gasteiger partial charge is 0.497 e. The lowest BCUT2D eigenvalue weighted by molar-refractivity contribution is 0.412. The summed E-state index contributed by atoms with van der Waals surface area (Å²) in [4.78, 5) is 0. The van der Waals surface area contributed by atoms with E-state index in [-0.39, 0.29) is 11.5 Å². The van der Waals surface area contributed by atoms with Crippen molar-refractivity contribution < 1.29 is 4.74 Å². The molecule has 0 saturated heterocycles. The van der Waals surface area contributed by atoms with E-state index in [1.54, 1.807) is 7.11 Å². The van der Waals surface area contributed by atoms with E-state index >= 15 is 0 Å². The van der Waals surface area contributed by atoms with Gasteiger partial charge in [-0.25, -0.2) is 0 Å². The number of ether oxygens (including phenoxy) is 1. The molecule has 3 heteroatoms. The Morgan fingerprint density at radius 2 is 1.70 bits per heavy atom. The Hall–Kier alpha value is -1.84. The fourth-order valence-corrected chi connectivity index (χ4v) is 3.02. The van der Waals surface area contributed by atoms with E-state index in [4.69, 9.17) is 10.6 Å². The molecule has 1 saturated carbocycles. The fraction of sp³-hybridized carbons (Fsp3) is 0.294. The second-order valence-electron chi connectivity index (χ2n) is 5.40. The van der Waals surface area contributed by atoms with Crippen LogP contribution in [0.2, 0.25) is 0 Å². The van der Waals surface area contributed by atoms with Gasteiger partial charge in [-0.2, -0.15) is 0 Å². The van der Waals surface area contributed by atoms with Crippen molar-refractivity contribution in [1.29, 1.82) is 0 Å². The molecule has 1 aliphatic carbocycles. The van der Waals surface area contributed by atoms with Crippen molar-refractivity contribution in [2.24, 2.45) is 5.84 Å². The summed E-state index contributed by atoms with van der Waals surface area (Å²) < 4.78 is 5.22. The third-order valence-corrected chi connectivity index (χ3v) is 4.31. The Morgan fingerprint density at radius 3 is 2.20 bits per heavy atom. The summed E-state index contributed by atoms with van der Waals surface area (Å²) in [6.45, 7) is 0. The number of hydrogen-bond donors (Lipinski definition) is 2.